The van der Waals surface area contributed by atoms with Gasteiger partial charge in [0, 0.05) is 11.1 Å². The molecule has 1 amide bonds. The van der Waals surface area contributed by atoms with Gasteiger partial charge in [-0.15, -0.1) is 0 Å². The van der Waals surface area contributed by atoms with Gasteiger partial charge in [-0.2, -0.15) is 0 Å². The average Bonchev–Trinajstić information content (AvgIpc) is 2.71. The minimum atomic E-state index is -0.196. The molecule has 0 bridgehead atoms. The van der Waals surface area contributed by atoms with Gasteiger partial charge in [0.05, 0.1) is 0 Å². The van der Waals surface area contributed by atoms with Gasteiger partial charge in [-0.1, -0.05) is 0 Å². The summed E-state index contributed by atoms with van der Waals surface area (Å²) in [5.74, 6) is 1.08. The van der Waals surface area contributed by atoms with Crippen LogP contribution in [0, 0.1) is 0 Å². The number of carbonyl (C=O) groups excluding carboxylic acids is 1. The van der Waals surface area contributed by atoms with E-state index in [1.165, 1.54) is 0 Å². The van der Waals surface area contributed by atoms with Gasteiger partial charge in [0.1, 0.15) is 0 Å². The van der Waals surface area contributed by atoms with Gasteiger partial charge in [-0.25, -0.2) is 5.43 Å². The van der Waals surface area contributed by atoms with Crippen LogP contribution in [0.5, 0.6) is 11.5 Å². The molecular weight excluding hydrogens is 220 g/mol. The highest BCUT2D eigenvalue weighted by Crippen LogP contribution is 2.32. The maximum atomic E-state index is 11.8. The van der Waals surface area contributed by atoms with Crippen molar-refractivity contribution >= 4 is 5.91 Å². The highest BCUT2D eigenvalue weighted by Gasteiger charge is 2.17. The molecule has 1 aliphatic rings. The zero-order chi connectivity index (χ0) is 12.5. The van der Waals surface area contributed by atoms with Crippen LogP contribution in [0.15, 0.2) is 18.2 Å². The minimum absolute atomic E-state index is 0.175. The summed E-state index contributed by atoms with van der Waals surface area (Å²) in [6, 6.07) is 5.10. The first kappa shape index (κ1) is 11.7. The summed E-state index contributed by atoms with van der Waals surface area (Å²) < 4.78 is 10.4. The summed E-state index contributed by atoms with van der Waals surface area (Å²) in [5, 5.41) is 0. The molecule has 0 aromatic heterocycles. The Hall–Kier alpha value is -1.75. The predicted molar refractivity (Wildman–Crippen MR) is 62.9 cm³/mol. The van der Waals surface area contributed by atoms with Crippen molar-refractivity contribution in [1.82, 2.24) is 10.9 Å². The Balaban J connectivity index is 2.05. The Morgan fingerprint density at radius 1 is 1.24 bits per heavy atom. The topological polar surface area (TPSA) is 59.6 Å². The average molecular weight is 236 g/mol. The van der Waals surface area contributed by atoms with E-state index < -0.39 is 0 Å². The second-order valence-corrected chi connectivity index (χ2v) is 4.90. The van der Waals surface area contributed by atoms with Crippen LogP contribution >= 0.6 is 0 Å². The van der Waals surface area contributed by atoms with Crippen molar-refractivity contribution < 1.29 is 14.3 Å². The van der Waals surface area contributed by atoms with Gasteiger partial charge in [0.25, 0.3) is 5.91 Å². The van der Waals surface area contributed by atoms with Gasteiger partial charge < -0.3 is 9.47 Å². The molecule has 0 atom stereocenters. The molecule has 5 nitrogen and oxygen atoms in total. The number of fused-ring (bicyclic) bond motifs is 1. The predicted octanol–water partition coefficient (Wildman–Crippen LogP) is 1.45. The van der Waals surface area contributed by atoms with Gasteiger partial charge in [0.15, 0.2) is 11.5 Å². The number of hydrazine groups is 1. The summed E-state index contributed by atoms with van der Waals surface area (Å²) in [6.45, 7) is 6.10. The lowest BCUT2D eigenvalue weighted by molar-refractivity contribution is 0.0914. The maximum Gasteiger partial charge on any atom is 0.265 e. The molecule has 1 aromatic rings. The summed E-state index contributed by atoms with van der Waals surface area (Å²) >= 11 is 0. The molecule has 1 aromatic carbocycles. The standard InChI is InChI=1S/C12H16N2O3/c1-12(2,3)14-13-11(15)8-4-5-9-10(6-8)17-7-16-9/h4-6,14H,7H2,1-3H3,(H,13,15). The lowest BCUT2D eigenvalue weighted by atomic mass is 10.1. The highest BCUT2D eigenvalue weighted by molar-refractivity contribution is 5.94. The van der Waals surface area contributed by atoms with Crippen molar-refractivity contribution in [3.8, 4) is 11.5 Å². The second kappa shape index (κ2) is 4.25. The molecular formula is C12H16N2O3. The van der Waals surface area contributed by atoms with E-state index in [9.17, 15) is 4.79 Å². The van der Waals surface area contributed by atoms with Crippen molar-refractivity contribution in [3.63, 3.8) is 0 Å². The number of ether oxygens (including phenoxy) is 2. The van der Waals surface area contributed by atoms with Crippen LogP contribution in [-0.2, 0) is 0 Å². The van der Waals surface area contributed by atoms with Crippen LogP contribution in [0.1, 0.15) is 31.1 Å². The third-order valence-electron chi connectivity index (χ3n) is 2.19. The molecule has 2 N–H and O–H groups in total. The Bertz CT molecular complexity index is 438. The summed E-state index contributed by atoms with van der Waals surface area (Å²) in [6.07, 6.45) is 0. The fourth-order valence-corrected chi connectivity index (χ4v) is 1.35. The zero-order valence-electron chi connectivity index (χ0n) is 10.2. The number of carbonyl (C=O) groups is 1. The normalized spacial score (nSPS) is 13.6. The lowest BCUT2D eigenvalue weighted by Gasteiger charge is -2.20. The van der Waals surface area contributed by atoms with Crippen LogP contribution in [0.4, 0.5) is 0 Å². The van der Waals surface area contributed by atoms with E-state index in [4.69, 9.17) is 9.47 Å². The number of benzene rings is 1. The summed E-state index contributed by atoms with van der Waals surface area (Å²) in [5.41, 5.74) is 5.92. The molecule has 0 fully saturated rings. The monoisotopic (exact) mass is 236 g/mol. The summed E-state index contributed by atoms with van der Waals surface area (Å²) in [4.78, 5) is 11.8. The molecule has 0 spiro atoms. The smallest absolute Gasteiger partial charge is 0.265 e. The first-order valence-electron chi connectivity index (χ1n) is 5.43. The molecule has 0 unspecified atom stereocenters. The fraction of sp³-hybridized carbons (Fsp3) is 0.417. The van der Waals surface area contributed by atoms with Crippen LogP contribution in [-0.4, -0.2) is 18.2 Å². The molecule has 0 saturated heterocycles. The highest BCUT2D eigenvalue weighted by atomic mass is 16.7. The SMILES string of the molecule is CC(C)(C)NNC(=O)c1ccc2c(c1)OCO2. The molecule has 0 radical (unpaired) electrons. The molecule has 92 valence electrons. The van der Waals surface area contributed by atoms with E-state index in [2.05, 4.69) is 10.9 Å². The van der Waals surface area contributed by atoms with E-state index in [-0.39, 0.29) is 18.2 Å². The van der Waals surface area contributed by atoms with Gasteiger partial charge in [-0.05, 0) is 39.0 Å². The van der Waals surface area contributed by atoms with Gasteiger partial charge in [-0.3, -0.25) is 10.2 Å². The Morgan fingerprint density at radius 3 is 2.65 bits per heavy atom. The van der Waals surface area contributed by atoms with Crippen LogP contribution in [0.3, 0.4) is 0 Å². The number of rotatable bonds is 2. The largest absolute Gasteiger partial charge is 0.454 e. The number of hydrogen-bond donors (Lipinski definition) is 2. The van der Waals surface area contributed by atoms with Crippen LogP contribution < -0.4 is 20.3 Å². The van der Waals surface area contributed by atoms with E-state index in [1.54, 1.807) is 18.2 Å². The number of amides is 1. The Kier molecular flexibility index (Phi) is 2.93. The molecule has 5 heteroatoms. The van der Waals surface area contributed by atoms with Crippen molar-refractivity contribution in [2.45, 2.75) is 26.3 Å². The lowest BCUT2D eigenvalue weighted by Crippen LogP contribution is -2.48. The second-order valence-electron chi connectivity index (χ2n) is 4.90. The first-order chi connectivity index (χ1) is 7.96. The van der Waals surface area contributed by atoms with Gasteiger partial charge >= 0.3 is 0 Å². The zero-order valence-corrected chi connectivity index (χ0v) is 10.2. The van der Waals surface area contributed by atoms with E-state index >= 15 is 0 Å². The van der Waals surface area contributed by atoms with Gasteiger partial charge in [0.2, 0.25) is 6.79 Å². The first-order valence-corrected chi connectivity index (χ1v) is 5.43. The van der Waals surface area contributed by atoms with Crippen LogP contribution in [0.2, 0.25) is 0 Å². The fourth-order valence-electron chi connectivity index (χ4n) is 1.35. The molecule has 17 heavy (non-hydrogen) atoms. The van der Waals surface area contributed by atoms with Crippen molar-refractivity contribution in [2.24, 2.45) is 0 Å². The molecule has 0 aliphatic carbocycles. The molecule has 2 rings (SSSR count). The number of nitrogens with one attached hydrogen (secondary N) is 2. The minimum Gasteiger partial charge on any atom is -0.454 e. The number of hydrogen-bond acceptors (Lipinski definition) is 4. The molecule has 1 heterocycles. The third kappa shape index (κ3) is 2.88. The molecule has 0 saturated carbocycles. The van der Waals surface area contributed by atoms with Crippen LogP contribution in [0.25, 0.3) is 0 Å². The van der Waals surface area contributed by atoms with Crippen molar-refractivity contribution in [3.05, 3.63) is 23.8 Å². The van der Waals surface area contributed by atoms with Crippen molar-refractivity contribution in [2.75, 3.05) is 6.79 Å². The van der Waals surface area contributed by atoms with E-state index in [1.807, 2.05) is 20.8 Å². The van der Waals surface area contributed by atoms with E-state index in [0.29, 0.717) is 17.1 Å². The quantitative estimate of drug-likeness (QED) is 0.763. The van der Waals surface area contributed by atoms with Crippen molar-refractivity contribution in [1.29, 1.82) is 0 Å². The maximum absolute atomic E-state index is 11.8. The Labute approximate surface area is 100 Å². The Morgan fingerprint density at radius 2 is 1.94 bits per heavy atom. The summed E-state index contributed by atoms with van der Waals surface area (Å²) in [7, 11) is 0. The molecule has 1 aliphatic heterocycles. The third-order valence-corrected chi connectivity index (χ3v) is 2.19. The van der Waals surface area contributed by atoms with E-state index in [0.717, 1.165) is 0 Å².